The maximum absolute atomic E-state index is 9.94. The summed E-state index contributed by atoms with van der Waals surface area (Å²) in [6, 6.07) is 6.06. The molecule has 1 saturated heterocycles. The second kappa shape index (κ2) is 8.34. The fourth-order valence-corrected chi connectivity index (χ4v) is 2.17. The molecule has 0 saturated carbocycles. The Morgan fingerprint density at radius 3 is 3.00 bits per heavy atom. The Kier molecular flexibility index (Phi) is 6.45. The van der Waals surface area contributed by atoms with Crippen molar-refractivity contribution in [1.29, 1.82) is 0 Å². The number of aliphatic hydroxyl groups is 1. The second-order valence-electron chi connectivity index (χ2n) is 5.46. The first kappa shape index (κ1) is 16.2. The van der Waals surface area contributed by atoms with Crippen molar-refractivity contribution in [2.45, 2.75) is 26.1 Å². The molecule has 5 nitrogen and oxygen atoms in total. The summed E-state index contributed by atoms with van der Waals surface area (Å²) < 4.78 is 16.5. The lowest BCUT2D eigenvalue weighted by molar-refractivity contribution is -0.0869. The molecule has 0 spiro atoms. The monoisotopic (exact) mass is 295 g/mol. The normalized spacial score (nSPS) is 20.2. The number of benzene rings is 1. The molecule has 2 rings (SSSR count). The van der Waals surface area contributed by atoms with E-state index < -0.39 is 6.10 Å². The van der Waals surface area contributed by atoms with Crippen LogP contribution in [0, 0.1) is 13.8 Å². The fourth-order valence-electron chi connectivity index (χ4n) is 2.17. The molecule has 2 unspecified atom stereocenters. The molecule has 21 heavy (non-hydrogen) atoms. The van der Waals surface area contributed by atoms with E-state index in [9.17, 15) is 5.11 Å². The van der Waals surface area contributed by atoms with E-state index >= 15 is 0 Å². The number of nitrogens with one attached hydrogen (secondary N) is 1. The Bertz CT molecular complexity index is 432. The van der Waals surface area contributed by atoms with Crippen molar-refractivity contribution in [3.8, 4) is 5.75 Å². The van der Waals surface area contributed by atoms with Gasteiger partial charge in [0.05, 0.1) is 25.9 Å². The Morgan fingerprint density at radius 1 is 1.38 bits per heavy atom. The van der Waals surface area contributed by atoms with Crippen molar-refractivity contribution >= 4 is 0 Å². The van der Waals surface area contributed by atoms with Crippen LogP contribution in [0.3, 0.4) is 0 Å². The van der Waals surface area contributed by atoms with Gasteiger partial charge in [-0.15, -0.1) is 0 Å². The molecule has 1 aromatic carbocycles. The zero-order valence-corrected chi connectivity index (χ0v) is 12.8. The quantitative estimate of drug-likeness (QED) is 0.787. The van der Waals surface area contributed by atoms with Gasteiger partial charge in [-0.25, -0.2) is 0 Å². The van der Waals surface area contributed by atoms with Crippen LogP contribution in [0.5, 0.6) is 5.75 Å². The molecule has 0 amide bonds. The second-order valence-corrected chi connectivity index (χ2v) is 5.46. The molecule has 1 fully saturated rings. The lowest BCUT2D eigenvalue weighted by Crippen LogP contribution is -2.41. The average Bonchev–Trinajstić information content (AvgIpc) is 2.49. The molecule has 0 bridgehead atoms. The molecule has 118 valence electrons. The number of aliphatic hydroxyl groups excluding tert-OH is 1. The molecule has 1 aromatic rings. The number of rotatable bonds is 7. The molecular weight excluding hydrogens is 270 g/mol. The van der Waals surface area contributed by atoms with E-state index in [0.29, 0.717) is 32.9 Å². The summed E-state index contributed by atoms with van der Waals surface area (Å²) >= 11 is 0. The minimum Gasteiger partial charge on any atom is -0.491 e. The van der Waals surface area contributed by atoms with Crippen LogP contribution in [0.1, 0.15) is 11.1 Å². The smallest absolute Gasteiger partial charge is 0.122 e. The highest BCUT2D eigenvalue weighted by molar-refractivity contribution is 5.35. The highest BCUT2D eigenvalue weighted by atomic mass is 16.6. The molecule has 1 heterocycles. The lowest BCUT2D eigenvalue weighted by atomic mass is 10.1. The topological polar surface area (TPSA) is 60.0 Å². The molecule has 5 heteroatoms. The maximum Gasteiger partial charge on any atom is 0.122 e. The van der Waals surface area contributed by atoms with Crippen LogP contribution in [0.15, 0.2) is 18.2 Å². The summed E-state index contributed by atoms with van der Waals surface area (Å²) in [5.41, 5.74) is 2.23. The number of aryl methyl sites for hydroxylation is 2. The van der Waals surface area contributed by atoms with Crippen LogP contribution >= 0.6 is 0 Å². The third kappa shape index (κ3) is 5.63. The third-order valence-electron chi connectivity index (χ3n) is 3.41. The van der Waals surface area contributed by atoms with Gasteiger partial charge < -0.3 is 24.6 Å². The van der Waals surface area contributed by atoms with Crippen molar-refractivity contribution in [3.05, 3.63) is 29.3 Å². The predicted molar refractivity (Wildman–Crippen MR) is 80.8 cm³/mol. The van der Waals surface area contributed by atoms with Gasteiger partial charge in [-0.05, 0) is 31.0 Å². The lowest BCUT2D eigenvalue weighted by Gasteiger charge is -2.23. The molecule has 0 aliphatic carbocycles. The summed E-state index contributed by atoms with van der Waals surface area (Å²) in [6.07, 6.45) is -0.472. The van der Waals surface area contributed by atoms with Gasteiger partial charge in [-0.3, -0.25) is 0 Å². The minimum absolute atomic E-state index is 0.0749. The third-order valence-corrected chi connectivity index (χ3v) is 3.41. The van der Waals surface area contributed by atoms with E-state index in [0.717, 1.165) is 16.9 Å². The van der Waals surface area contributed by atoms with Gasteiger partial charge in [0, 0.05) is 13.1 Å². The first-order valence-corrected chi connectivity index (χ1v) is 7.43. The van der Waals surface area contributed by atoms with E-state index in [4.69, 9.17) is 14.2 Å². The minimum atomic E-state index is -0.547. The van der Waals surface area contributed by atoms with Gasteiger partial charge in [-0.2, -0.15) is 0 Å². The Morgan fingerprint density at radius 2 is 2.24 bits per heavy atom. The summed E-state index contributed by atoms with van der Waals surface area (Å²) in [5, 5.41) is 13.1. The molecule has 2 N–H and O–H groups in total. The van der Waals surface area contributed by atoms with Gasteiger partial charge in [-0.1, -0.05) is 12.1 Å². The van der Waals surface area contributed by atoms with Crippen LogP contribution < -0.4 is 10.1 Å². The van der Waals surface area contributed by atoms with E-state index in [-0.39, 0.29) is 12.7 Å². The van der Waals surface area contributed by atoms with Crippen LogP contribution in [0.25, 0.3) is 0 Å². The van der Waals surface area contributed by atoms with Crippen molar-refractivity contribution in [2.75, 3.05) is 39.5 Å². The first-order valence-electron chi connectivity index (χ1n) is 7.43. The molecular formula is C16H25NO4. The summed E-state index contributed by atoms with van der Waals surface area (Å²) in [6.45, 7) is 7.39. The van der Waals surface area contributed by atoms with Gasteiger partial charge in [0.2, 0.25) is 0 Å². The van der Waals surface area contributed by atoms with Crippen LogP contribution in [0.2, 0.25) is 0 Å². The summed E-state index contributed by atoms with van der Waals surface area (Å²) in [7, 11) is 0. The number of hydrogen-bond acceptors (Lipinski definition) is 5. The largest absolute Gasteiger partial charge is 0.491 e. The van der Waals surface area contributed by atoms with Crippen molar-refractivity contribution < 1.29 is 19.3 Å². The fraction of sp³-hybridized carbons (Fsp3) is 0.625. The highest BCUT2D eigenvalue weighted by Gasteiger charge is 2.14. The van der Waals surface area contributed by atoms with E-state index in [1.807, 2.05) is 32.0 Å². The maximum atomic E-state index is 9.94. The molecule has 2 atom stereocenters. The van der Waals surface area contributed by atoms with Crippen LogP contribution in [-0.2, 0) is 9.47 Å². The Labute approximate surface area is 126 Å². The molecule has 0 radical (unpaired) electrons. The van der Waals surface area contributed by atoms with Crippen LogP contribution in [-0.4, -0.2) is 56.8 Å². The molecule has 0 aromatic heterocycles. The highest BCUT2D eigenvalue weighted by Crippen LogP contribution is 2.19. The van der Waals surface area contributed by atoms with Crippen LogP contribution in [0.4, 0.5) is 0 Å². The van der Waals surface area contributed by atoms with Gasteiger partial charge in [0.1, 0.15) is 18.5 Å². The SMILES string of the molecule is Cc1ccc(C)c(OCC(O)CNCC2COCCO2)c1. The zero-order valence-electron chi connectivity index (χ0n) is 12.8. The summed E-state index contributed by atoms with van der Waals surface area (Å²) in [5.74, 6) is 0.832. The predicted octanol–water partition coefficient (Wildman–Crippen LogP) is 1.05. The van der Waals surface area contributed by atoms with Crippen molar-refractivity contribution in [2.24, 2.45) is 0 Å². The van der Waals surface area contributed by atoms with E-state index in [1.54, 1.807) is 0 Å². The molecule has 1 aliphatic rings. The van der Waals surface area contributed by atoms with Crippen molar-refractivity contribution in [3.63, 3.8) is 0 Å². The number of hydrogen-bond donors (Lipinski definition) is 2. The van der Waals surface area contributed by atoms with E-state index in [2.05, 4.69) is 5.32 Å². The number of ether oxygens (including phenoxy) is 3. The van der Waals surface area contributed by atoms with E-state index in [1.165, 1.54) is 0 Å². The molecule has 1 aliphatic heterocycles. The Balaban J connectivity index is 1.65. The van der Waals surface area contributed by atoms with Crippen molar-refractivity contribution in [1.82, 2.24) is 5.32 Å². The zero-order chi connectivity index (χ0) is 15.1. The average molecular weight is 295 g/mol. The Hall–Kier alpha value is -1.14. The first-order chi connectivity index (χ1) is 10.1. The van der Waals surface area contributed by atoms with Gasteiger partial charge in [0.25, 0.3) is 0 Å². The van der Waals surface area contributed by atoms with Gasteiger partial charge in [0.15, 0.2) is 0 Å². The summed E-state index contributed by atoms with van der Waals surface area (Å²) in [4.78, 5) is 0. The standard InChI is InChI=1S/C16H25NO4/c1-12-3-4-13(2)16(7-12)21-10-14(18)8-17-9-15-11-19-5-6-20-15/h3-4,7,14-15,17-18H,5-6,8-11H2,1-2H3. The van der Waals surface area contributed by atoms with Gasteiger partial charge >= 0.3 is 0 Å².